The highest BCUT2D eigenvalue weighted by molar-refractivity contribution is 6.04. The highest BCUT2D eigenvalue weighted by Gasteiger charge is 2.20. The van der Waals surface area contributed by atoms with Crippen LogP contribution in [0.4, 0.5) is 0 Å². The van der Waals surface area contributed by atoms with Crippen molar-refractivity contribution in [2.45, 2.75) is 6.92 Å². The van der Waals surface area contributed by atoms with Crippen LogP contribution in [-0.4, -0.2) is 18.2 Å². The Labute approximate surface area is 156 Å². The predicted octanol–water partition coefficient (Wildman–Crippen LogP) is 4.25. The lowest BCUT2D eigenvalue weighted by Gasteiger charge is -2.10. The third-order valence-electron chi connectivity index (χ3n) is 3.79. The lowest BCUT2D eigenvalue weighted by atomic mass is 10.1. The zero-order valence-electron chi connectivity index (χ0n) is 14.5. The van der Waals surface area contributed by atoms with E-state index in [0.717, 1.165) is 5.56 Å². The topological polar surface area (TPSA) is 69.7 Å². The van der Waals surface area contributed by atoms with E-state index in [2.05, 4.69) is 0 Å². The average Bonchev–Trinajstić information content (AvgIpc) is 2.68. The molecule has 0 atom stereocenters. The van der Waals surface area contributed by atoms with Crippen LogP contribution in [0.2, 0.25) is 0 Å². The third-order valence-corrected chi connectivity index (χ3v) is 3.79. The maximum absolute atomic E-state index is 12.5. The Morgan fingerprint density at radius 2 is 1.33 bits per heavy atom. The molecule has 0 saturated heterocycles. The molecule has 3 aromatic carbocycles. The first kappa shape index (κ1) is 18.1. The van der Waals surface area contributed by atoms with Gasteiger partial charge in [-0.25, -0.2) is 9.59 Å². The molecule has 0 spiro atoms. The molecule has 27 heavy (non-hydrogen) atoms. The molecular weight excluding hydrogens is 344 g/mol. The molecule has 0 amide bonds. The number of benzene rings is 3. The fourth-order valence-electron chi connectivity index (χ4n) is 2.46. The van der Waals surface area contributed by atoms with Gasteiger partial charge in [-0.2, -0.15) is 0 Å². The summed E-state index contributed by atoms with van der Waals surface area (Å²) in [6.45, 7) is 1.89. The molecule has 0 saturated carbocycles. The van der Waals surface area contributed by atoms with Crippen LogP contribution in [0.5, 0.6) is 11.5 Å². The molecule has 0 N–H and O–H groups in total. The van der Waals surface area contributed by atoms with Crippen molar-refractivity contribution < 1.29 is 23.9 Å². The summed E-state index contributed by atoms with van der Waals surface area (Å²) in [5.74, 6) is -0.671. The molecule has 0 bridgehead atoms. The predicted molar refractivity (Wildman–Crippen MR) is 99.4 cm³/mol. The van der Waals surface area contributed by atoms with Crippen molar-refractivity contribution in [2.75, 3.05) is 0 Å². The van der Waals surface area contributed by atoms with Gasteiger partial charge in [-0.15, -0.1) is 0 Å². The molecule has 0 heterocycles. The molecule has 0 fully saturated rings. The van der Waals surface area contributed by atoms with Crippen LogP contribution < -0.4 is 9.47 Å². The Bertz CT molecular complexity index is 990. The minimum absolute atomic E-state index is 0.0922. The Kier molecular flexibility index (Phi) is 5.42. The molecule has 5 nitrogen and oxygen atoms in total. The maximum Gasteiger partial charge on any atom is 0.344 e. The Balaban J connectivity index is 1.80. The SMILES string of the molecule is Cc1cccc(OC(=O)c2ccccc2C(=O)Oc2ccc(C=O)cc2)c1. The fourth-order valence-corrected chi connectivity index (χ4v) is 2.46. The quantitative estimate of drug-likeness (QED) is 0.387. The Hall–Kier alpha value is -3.73. The van der Waals surface area contributed by atoms with Crippen molar-refractivity contribution in [1.29, 1.82) is 0 Å². The largest absolute Gasteiger partial charge is 0.423 e. The first-order valence-corrected chi connectivity index (χ1v) is 8.22. The van der Waals surface area contributed by atoms with E-state index >= 15 is 0 Å². The second-order valence-electron chi connectivity index (χ2n) is 5.83. The summed E-state index contributed by atoms with van der Waals surface area (Å²) in [6.07, 6.45) is 0.697. The van der Waals surface area contributed by atoms with Gasteiger partial charge in [-0.05, 0) is 61.0 Å². The van der Waals surface area contributed by atoms with E-state index in [9.17, 15) is 14.4 Å². The molecular formula is C22H16O5. The van der Waals surface area contributed by atoms with Crippen LogP contribution in [0.25, 0.3) is 0 Å². The molecule has 0 aliphatic carbocycles. The van der Waals surface area contributed by atoms with Crippen LogP contribution in [0.15, 0.2) is 72.8 Å². The first-order valence-electron chi connectivity index (χ1n) is 8.22. The minimum atomic E-state index is -0.689. The van der Waals surface area contributed by atoms with Crippen LogP contribution in [0.1, 0.15) is 36.6 Å². The zero-order valence-corrected chi connectivity index (χ0v) is 14.5. The average molecular weight is 360 g/mol. The monoisotopic (exact) mass is 360 g/mol. The van der Waals surface area contributed by atoms with Gasteiger partial charge in [0.1, 0.15) is 17.8 Å². The fraction of sp³-hybridized carbons (Fsp3) is 0.0455. The zero-order chi connectivity index (χ0) is 19.2. The second kappa shape index (κ2) is 8.10. The highest BCUT2D eigenvalue weighted by atomic mass is 16.5. The first-order chi connectivity index (χ1) is 13.1. The van der Waals surface area contributed by atoms with E-state index in [1.165, 1.54) is 36.4 Å². The van der Waals surface area contributed by atoms with Crippen molar-refractivity contribution in [3.05, 3.63) is 95.1 Å². The summed E-state index contributed by atoms with van der Waals surface area (Å²) in [5.41, 5.74) is 1.62. The van der Waals surface area contributed by atoms with Gasteiger partial charge in [0.25, 0.3) is 0 Å². The standard InChI is InChI=1S/C22H16O5/c1-15-5-4-6-18(13-15)27-22(25)20-8-3-2-7-19(20)21(24)26-17-11-9-16(14-23)10-12-17/h2-14H,1H3. The number of esters is 2. The normalized spacial score (nSPS) is 10.1. The summed E-state index contributed by atoms with van der Waals surface area (Å²) in [5, 5.41) is 0. The van der Waals surface area contributed by atoms with E-state index < -0.39 is 11.9 Å². The number of aryl methyl sites for hydroxylation is 1. The lowest BCUT2D eigenvalue weighted by molar-refractivity contribution is 0.0692. The molecule has 134 valence electrons. The van der Waals surface area contributed by atoms with Crippen molar-refractivity contribution >= 4 is 18.2 Å². The summed E-state index contributed by atoms with van der Waals surface area (Å²) >= 11 is 0. The third kappa shape index (κ3) is 4.46. The van der Waals surface area contributed by atoms with Gasteiger partial charge in [0, 0.05) is 5.56 Å². The van der Waals surface area contributed by atoms with Gasteiger partial charge in [-0.3, -0.25) is 4.79 Å². The van der Waals surface area contributed by atoms with Gasteiger partial charge in [0.05, 0.1) is 11.1 Å². The Morgan fingerprint density at radius 3 is 1.89 bits per heavy atom. The molecule has 0 aliphatic heterocycles. The van der Waals surface area contributed by atoms with Crippen molar-refractivity contribution in [3.63, 3.8) is 0 Å². The number of carbonyl (C=O) groups excluding carboxylic acids is 3. The number of hydrogen-bond acceptors (Lipinski definition) is 5. The van der Waals surface area contributed by atoms with Crippen LogP contribution in [0, 0.1) is 6.92 Å². The molecule has 0 radical (unpaired) electrons. The number of carbonyl (C=O) groups is 3. The number of hydrogen-bond donors (Lipinski definition) is 0. The van der Waals surface area contributed by atoms with Crippen molar-refractivity contribution in [3.8, 4) is 11.5 Å². The lowest BCUT2D eigenvalue weighted by Crippen LogP contribution is -2.17. The van der Waals surface area contributed by atoms with Gasteiger partial charge < -0.3 is 9.47 Å². The summed E-state index contributed by atoms with van der Waals surface area (Å²) in [7, 11) is 0. The van der Waals surface area contributed by atoms with Gasteiger partial charge >= 0.3 is 11.9 Å². The van der Waals surface area contributed by atoms with E-state index in [4.69, 9.17) is 9.47 Å². The second-order valence-corrected chi connectivity index (χ2v) is 5.83. The summed E-state index contributed by atoms with van der Waals surface area (Å²) < 4.78 is 10.7. The van der Waals surface area contributed by atoms with E-state index in [1.54, 1.807) is 30.3 Å². The van der Waals surface area contributed by atoms with E-state index in [0.29, 0.717) is 17.6 Å². The molecule has 0 aromatic heterocycles. The maximum atomic E-state index is 12.5. The molecule has 5 heteroatoms. The summed E-state index contributed by atoms with van der Waals surface area (Å²) in [4.78, 5) is 35.7. The van der Waals surface area contributed by atoms with Crippen LogP contribution in [-0.2, 0) is 0 Å². The van der Waals surface area contributed by atoms with Gasteiger partial charge in [0.15, 0.2) is 0 Å². The van der Waals surface area contributed by atoms with E-state index in [1.807, 2.05) is 13.0 Å². The number of aldehydes is 1. The Morgan fingerprint density at radius 1 is 0.741 bits per heavy atom. The molecule has 3 rings (SSSR count). The minimum Gasteiger partial charge on any atom is -0.423 e. The van der Waals surface area contributed by atoms with Gasteiger partial charge in [0.2, 0.25) is 0 Å². The van der Waals surface area contributed by atoms with Crippen molar-refractivity contribution in [1.82, 2.24) is 0 Å². The van der Waals surface area contributed by atoms with Crippen molar-refractivity contribution in [2.24, 2.45) is 0 Å². The smallest absolute Gasteiger partial charge is 0.344 e. The van der Waals surface area contributed by atoms with Crippen LogP contribution in [0.3, 0.4) is 0 Å². The van der Waals surface area contributed by atoms with Gasteiger partial charge in [-0.1, -0.05) is 24.3 Å². The molecule has 0 aliphatic rings. The highest BCUT2D eigenvalue weighted by Crippen LogP contribution is 2.19. The number of rotatable bonds is 5. The number of ether oxygens (including phenoxy) is 2. The summed E-state index contributed by atoms with van der Waals surface area (Å²) in [6, 6.07) is 19.4. The van der Waals surface area contributed by atoms with Crippen LogP contribution >= 0.6 is 0 Å². The molecule has 3 aromatic rings. The molecule has 0 unspecified atom stereocenters. The van der Waals surface area contributed by atoms with E-state index in [-0.39, 0.29) is 16.9 Å².